The third kappa shape index (κ3) is 3.21. The van der Waals surface area contributed by atoms with Gasteiger partial charge >= 0.3 is 5.97 Å². The highest BCUT2D eigenvalue weighted by atomic mass is 127. The predicted octanol–water partition coefficient (Wildman–Crippen LogP) is 1.52. The number of rotatable bonds is 5. The van der Waals surface area contributed by atoms with Crippen LogP contribution in [0.15, 0.2) is 11.1 Å². The molecule has 0 aliphatic rings. The third-order valence-electron chi connectivity index (χ3n) is 2.58. The first-order valence-corrected chi connectivity index (χ1v) is 6.62. The molecule has 7 heteroatoms. The summed E-state index contributed by atoms with van der Waals surface area (Å²) in [7, 11) is 1.34. The van der Waals surface area contributed by atoms with Crippen molar-refractivity contribution in [3.05, 3.63) is 20.3 Å². The van der Waals surface area contributed by atoms with Crippen LogP contribution in [0.2, 0.25) is 0 Å². The smallest absolute Gasteiger partial charge is 0.331 e. The van der Waals surface area contributed by atoms with E-state index in [0.717, 1.165) is 6.42 Å². The molecule has 0 fully saturated rings. The van der Waals surface area contributed by atoms with Gasteiger partial charge in [-0.2, -0.15) is 0 Å². The van der Waals surface area contributed by atoms with Crippen molar-refractivity contribution in [3.8, 4) is 0 Å². The van der Waals surface area contributed by atoms with Crippen LogP contribution >= 0.6 is 22.6 Å². The molecule has 0 aliphatic heterocycles. The fourth-order valence-corrected chi connectivity index (χ4v) is 2.10. The standard InChI is InChI=1S/C11H16IN3O3/c1-4-5-11(2,10(17)18-3)15-8-7(12)9(16)14-6-13-8/h6H,4-5H2,1-3H3,(H2,13,14,15,16). The second-order valence-corrected chi connectivity index (χ2v) is 5.17. The number of aromatic amines is 1. The molecular formula is C11H16IN3O3. The number of hydrogen-bond acceptors (Lipinski definition) is 5. The molecule has 0 saturated carbocycles. The molecule has 18 heavy (non-hydrogen) atoms. The summed E-state index contributed by atoms with van der Waals surface area (Å²) in [6.45, 7) is 3.71. The van der Waals surface area contributed by atoms with E-state index in [4.69, 9.17) is 4.74 Å². The van der Waals surface area contributed by atoms with E-state index in [9.17, 15) is 9.59 Å². The number of ether oxygens (including phenoxy) is 1. The average molecular weight is 365 g/mol. The van der Waals surface area contributed by atoms with E-state index in [1.54, 1.807) is 6.92 Å². The molecular weight excluding hydrogens is 349 g/mol. The lowest BCUT2D eigenvalue weighted by molar-refractivity contribution is -0.145. The second-order valence-electron chi connectivity index (χ2n) is 4.09. The third-order valence-corrected chi connectivity index (χ3v) is 3.58. The molecule has 0 aromatic carbocycles. The Kier molecular flexibility index (Phi) is 5.12. The summed E-state index contributed by atoms with van der Waals surface area (Å²) in [5.41, 5.74) is -1.12. The Hall–Kier alpha value is -1.12. The maximum atomic E-state index is 11.8. The quantitative estimate of drug-likeness (QED) is 0.611. The first kappa shape index (κ1) is 14.9. The van der Waals surface area contributed by atoms with Gasteiger partial charge in [0.2, 0.25) is 0 Å². The van der Waals surface area contributed by atoms with Gasteiger partial charge in [0.05, 0.1) is 13.4 Å². The monoisotopic (exact) mass is 365 g/mol. The number of halogens is 1. The molecule has 1 heterocycles. The number of carbonyl (C=O) groups is 1. The van der Waals surface area contributed by atoms with Gasteiger partial charge in [0.15, 0.2) is 0 Å². The summed E-state index contributed by atoms with van der Waals surface area (Å²) in [6, 6.07) is 0. The summed E-state index contributed by atoms with van der Waals surface area (Å²) in [5, 5.41) is 3.00. The molecule has 2 N–H and O–H groups in total. The molecule has 1 rings (SSSR count). The summed E-state index contributed by atoms with van der Waals surface area (Å²) in [5.74, 6) is 0.0166. The van der Waals surface area contributed by atoms with Crippen molar-refractivity contribution in [3.63, 3.8) is 0 Å². The summed E-state index contributed by atoms with van der Waals surface area (Å²) < 4.78 is 5.21. The van der Waals surface area contributed by atoms with Gasteiger partial charge in [-0.25, -0.2) is 9.78 Å². The summed E-state index contributed by atoms with van der Waals surface area (Å²) in [4.78, 5) is 29.8. The minimum atomic E-state index is -0.885. The van der Waals surface area contributed by atoms with Gasteiger partial charge in [-0.3, -0.25) is 4.79 Å². The Morgan fingerprint density at radius 3 is 2.89 bits per heavy atom. The number of H-pyrrole nitrogens is 1. The maximum absolute atomic E-state index is 11.8. The van der Waals surface area contributed by atoms with Crippen LogP contribution in [-0.2, 0) is 9.53 Å². The van der Waals surface area contributed by atoms with Crippen molar-refractivity contribution in [2.75, 3.05) is 12.4 Å². The Labute approximate surface area is 119 Å². The second kappa shape index (κ2) is 6.17. The van der Waals surface area contributed by atoms with Crippen molar-refractivity contribution < 1.29 is 9.53 Å². The SMILES string of the molecule is CCCC(C)(Nc1nc[nH]c(=O)c1I)C(=O)OC. The first-order valence-electron chi connectivity index (χ1n) is 5.54. The van der Waals surface area contributed by atoms with Gasteiger partial charge in [0.25, 0.3) is 5.56 Å². The van der Waals surface area contributed by atoms with E-state index in [1.165, 1.54) is 13.4 Å². The van der Waals surface area contributed by atoms with Gasteiger partial charge < -0.3 is 15.0 Å². The lowest BCUT2D eigenvalue weighted by atomic mass is 9.96. The van der Waals surface area contributed by atoms with Crippen molar-refractivity contribution in [2.24, 2.45) is 0 Å². The molecule has 0 bridgehead atoms. The number of esters is 1. The highest BCUT2D eigenvalue weighted by Gasteiger charge is 2.34. The molecule has 1 aromatic heterocycles. The maximum Gasteiger partial charge on any atom is 0.331 e. The fourth-order valence-electron chi connectivity index (χ4n) is 1.67. The highest BCUT2D eigenvalue weighted by Crippen LogP contribution is 2.22. The largest absolute Gasteiger partial charge is 0.467 e. The number of nitrogens with zero attached hydrogens (tertiary/aromatic N) is 1. The van der Waals surface area contributed by atoms with Crippen LogP contribution < -0.4 is 10.9 Å². The number of aromatic nitrogens is 2. The van der Waals surface area contributed by atoms with E-state index in [0.29, 0.717) is 15.8 Å². The number of methoxy groups -OCH3 is 1. The van der Waals surface area contributed by atoms with Crippen molar-refractivity contribution in [2.45, 2.75) is 32.2 Å². The molecule has 0 spiro atoms. The van der Waals surface area contributed by atoms with Gasteiger partial charge in [0.1, 0.15) is 14.9 Å². The van der Waals surface area contributed by atoms with E-state index in [1.807, 2.05) is 29.5 Å². The van der Waals surface area contributed by atoms with Gasteiger partial charge in [-0.1, -0.05) is 13.3 Å². The molecule has 0 radical (unpaired) electrons. The summed E-state index contributed by atoms with van der Waals surface area (Å²) >= 11 is 1.89. The van der Waals surface area contributed by atoms with Gasteiger partial charge in [-0.05, 0) is 35.9 Å². The molecule has 1 unspecified atom stereocenters. The van der Waals surface area contributed by atoms with E-state index < -0.39 is 5.54 Å². The van der Waals surface area contributed by atoms with Crippen LogP contribution in [0.4, 0.5) is 5.82 Å². The Balaban J connectivity index is 3.07. The molecule has 100 valence electrons. The molecule has 0 saturated heterocycles. The molecule has 1 atom stereocenters. The average Bonchev–Trinajstić information content (AvgIpc) is 2.34. The predicted molar refractivity (Wildman–Crippen MR) is 76.5 cm³/mol. The zero-order chi connectivity index (χ0) is 13.8. The number of anilines is 1. The van der Waals surface area contributed by atoms with Crippen molar-refractivity contribution >= 4 is 34.4 Å². The molecule has 0 aliphatic carbocycles. The lowest BCUT2D eigenvalue weighted by Crippen LogP contribution is -2.45. The van der Waals surface area contributed by atoms with Gasteiger partial charge in [0, 0.05) is 0 Å². The van der Waals surface area contributed by atoms with Crippen LogP contribution in [-0.4, -0.2) is 28.6 Å². The minimum absolute atomic E-state index is 0.239. The Morgan fingerprint density at radius 2 is 2.33 bits per heavy atom. The Bertz CT molecular complexity index is 489. The van der Waals surface area contributed by atoms with Crippen LogP contribution in [0.1, 0.15) is 26.7 Å². The van der Waals surface area contributed by atoms with Crippen LogP contribution in [0, 0.1) is 3.57 Å². The molecule has 1 aromatic rings. The molecule has 0 amide bonds. The van der Waals surface area contributed by atoms with Crippen LogP contribution in [0.3, 0.4) is 0 Å². The van der Waals surface area contributed by atoms with E-state index in [2.05, 4.69) is 15.3 Å². The fraction of sp³-hybridized carbons (Fsp3) is 0.545. The normalized spacial score (nSPS) is 13.8. The van der Waals surface area contributed by atoms with Gasteiger partial charge in [-0.15, -0.1) is 0 Å². The van der Waals surface area contributed by atoms with E-state index in [-0.39, 0.29) is 11.5 Å². The van der Waals surface area contributed by atoms with Crippen LogP contribution in [0.5, 0.6) is 0 Å². The topological polar surface area (TPSA) is 84.1 Å². The molecule has 6 nitrogen and oxygen atoms in total. The zero-order valence-corrected chi connectivity index (χ0v) is 12.7. The van der Waals surface area contributed by atoms with E-state index >= 15 is 0 Å². The number of carbonyl (C=O) groups excluding carboxylic acids is 1. The highest BCUT2D eigenvalue weighted by molar-refractivity contribution is 14.1. The number of nitrogens with one attached hydrogen (secondary N) is 2. The number of hydrogen-bond donors (Lipinski definition) is 2. The first-order chi connectivity index (χ1) is 8.44. The summed E-state index contributed by atoms with van der Waals surface area (Å²) in [6.07, 6.45) is 2.69. The Morgan fingerprint density at radius 1 is 1.67 bits per heavy atom. The minimum Gasteiger partial charge on any atom is -0.467 e. The zero-order valence-electron chi connectivity index (χ0n) is 10.5. The van der Waals surface area contributed by atoms with Crippen molar-refractivity contribution in [1.82, 2.24) is 9.97 Å². The van der Waals surface area contributed by atoms with Crippen LogP contribution in [0.25, 0.3) is 0 Å². The lowest BCUT2D eigenvalue weighted by Gasteiger charge is -2.28. The van der Waals surface area contributed by atoms with Crippen molar-refractivity contribution in [1.29, 1.82) is 0 Å².